The molecule has 0 aliphatic carbocycles. The van der Waals surface area contributed by atoms with Crippen molar-refractivity contribution in [1.29, 1.82) is 5.26 Å². The number of hydrogen-bond acceptors (Lipinski definition) is 4. The van der Waals surface area contributed by atoms with E-state index in [9.17, 15) is 9.83 Å². The van der Waals surface area contributed by atoms with Crippen LogP contribution < -0.4 is 0 Å². The molecule has 0 bridgehead atoms. The van der Waals surface area contributed by atoms with Crippen LogP contribution in [0.4, 0.5) is 4.39 Å². The summed E-state index contributed by atoms with van der Waals surface area (Å²) >= 11 is 0. The third-order valence-electron chi connectivity index (χ3n) is 2.61. The minimum atomic E-state index is -4.22. The molecule has 1 unspecified atom stereocenters. The Morgan fingerprint density at radius 2 is 1.70 bits per heavy atom. The van der Waals surface area contributed by atoms with Crippen molar-refractivity contribution in [3.05, 3.63) is 35.9 Å². The summed E-state index contributed by atoms with van der Waals surface area (Å²) in [4.78, 5) is 0. The third kappa shape index (κ3) is 3.46. The van der Waals surface area contributed by atoms with E-state index in [-0.39, 0.29) is 18.8 Å². The van der Waals surface area contributed by atoms with Gasteiger partial charge in [-0.1, -0.05) is 44.2 Å². The van der Waals surface area contributed by atoms with Crippen molar-refractivity contribution in [2.75, 3.05) is 13.2 Å². The summed E-state index contributed by atoms with van der Waals surface area (Å²) in [5.41, 5.74) is -0.0157. The van der Waals surface area contributed by atoms with Gasteiger partial charge in [0.15, 0.2) is 0 Å². The van der Waals surface area contributed by atoms with Gasteiger partial charge in [-0.15, -0.1) is 0 Å². The summed E-state index contributed by atoms with van der Waals surface area (Å²) in [6.07, 6.45) is 1.10. The molecule has 110 valence electrons. The van der Waals surface area contributed by atoms with Crippen molar-refractivity contribution < 1.29 is 18.0 Å². The van der Waals surface area contributed by atoms with Crippen molar-refractivity contribution in [3.8, 4) is 6.07 Å². The third-order valence-corrected chi connectivity index (χ3v) is 4.77. The van der Waals surface area contributed by atoms with Crippen molar-refractivity contribution in [2.24, 2.45) is 0 Å². The first-order chi connectivity index (χ1) is 9.54. The van der Waals surface area contributed by atoms with E-state index in [2.05, 4.69) is 0 Å². The topological polar surface area (TPSA) is 59.3 Å². The van der Waals surface area contributed by atoms with E-state index in [0.717, 1.165) is 0 Å². The number of rotatable bonds is 8. The van der Waals surface area contributed by atoms with E-state index in [4.69, 9.17) is 9.05 Å². The van der Waals surface area contributed by atoms with Crippen molar-refractivity contribution in [1.82, 2.24) is 0 Å². The van der Waals surface area contributed by atoms with Gasteiger partial charge >= 0.3 is 13.0 Å². The van der Waals surface area contributed by atoms with Gasteiger partial charge in [-0.2, -0.15) is 5.26 Å². The Hall–Kier alpha value is -1.21. The minimum absolute atomic E-state index is 0.0157. The summed E-state index contributed by atoms with van der Waals surface area (Å²) in [6.45, 7) is 3.75. The molecule has 0 amide bonds. The molecule has 1 aromatic rings. The predicted molar refractivity (Wildman–Crippen MR) is 74.9 cm³/mol. The van der Waals surface area contributed by atoms with Gasteiger partial charge in [-0.25, -0.2) is 4.39 Å². The molecule has 0 N–H and O–H groups in total. The Bertz CT molecular complexity index is 491. The molecule has 0 aromatic heterocycles. The monoisotopic (exact) mass is 299 g/mol. The number of nitrogens with zero attached hydrogens (tertiary/aromatic N) is 1. The Balaban J connectivity index is 3.20. The molecule has 1 atom stereocenters. The summed E-state index contributed by atoms with van der Waals surface area (Å²) in [5.74, 6) is 0. The lowest BCUT2D eigenvalue weighted by Gasteiger charge is -2.27. The number of hydrogen-bond donors (Lipinski definition) is 0. The van der Waals surface area contributed by atoms with Gasteiger partial charge in [0, 0.05) is 5.56 Å². The van der Waals surface area contributed by atoms with Crippen LogP contribution in [0.3, 0.4) is 0 Å². The molecule has 0 fully saturated rings. The summed E-state index contributed by atoms with van der Waals surface area (Å²) in [7, 11) is -4.22. The molecule has 6 heteroatoms. The molecule has 20 heavy (non-hydrogen) atoms. The number of alkyl halides is 1. The lowest BCUT2D eigenvalue weighted by molar-refractivity contribution is 0.157. The van der Waals surface area contributed by atoms with E-state index >= 15 is 4.39 Å². The minimum Gasteiger partial charge on any atom is -0.305 e. The van der Waals surface area contributed by atoms with Crippen LogP contribution in [0.2, 0.25) is 0 Å². The zero-order chi connectivity index (χ0) is 15.1. The number of halogens is 1. The van der Waals surface area contributed by atoms with Gasteiger partial charge in [0.05, 0.1) is 13.2 Å². The first-order valence-electron chi connectivity index (χ1n) is 6.59. The van der Waals surface area contributed by atoms with Crippen LogP contribution >= 0.6 is 7.60 Å². The molecule has 1 rings (SSSR count). The van der Waals surface area contributed by atoms with Gasteiger partial charge in [-0.3, -0.25) is 4.57 Å². The second kappa shape index (κ2) is 7.54. The Kier molecular flexibility index (Phi) is 6.35. The molecule has 0 heterocycles. The van der Waals surface area contributed by atoms with Crippen LogP contribution in [0.25, 0.3) is 0 Å². The van der Waals surface area contributed by atoms with Gasteiger partial charge in [0.1, 0.15) is 6.07 Å². The summed E-state index contributed by atoms with van der Waals surface area (Å²) in [6, 6.07) is 9.12. The average molecular weight is 299 g/mol. The van der Waals surface area contributed by atoms with E-state index < -0.39 is 13.0 Å². The number of nitriles is 1. The second-order valence-electron chi connectivity index (χ2n) is 4.26. The van der Waals surface area contributed by atoms with Gasteiger partial charge in [0.25, 0.3) is 0 Å². The predicted octanol–water partition coefficient (Wildman–Crippen LogP) is 4.38. The molecule has 1 aromatic carbocycles. The molecule has 0 saturated carbocycles. The fraction of sp³-hybridized carbons (Fsp3) is 0.500. The zero-order valence-electron chi connectivity index (χ0n) is 11.7. The Labute approximate surface area is 119 Å². The van der Waals surface area contributed by atoms with Crippen LogP contribution in [-0.4, -0.2) is 13.2 Å². The van der Waals surface area contributed by atoms with E-state index in [0.29, 0.717) is 12.8 Å². The lowest BCUT2D eigenvalue weighted by Crippen LogP contribution is -2.22. The standard InChI is InChI=1S/C14H19FNO3P/c1-3-10-18-20(17,19-11-4-2)14(15,12-16)13-8-6-5-7-9-13/h5-9H,3-4,10-11H2,1-2H3. The average Bonchev–Trinajstić information content (AvgIpc) is 2.50. The van der Waals surface area contributed by atoms with Crippen molar-refractivity contribution in [2.45, 2.75) is 32.1 Å². The van der Waals surface area contributed by atoms with Gasteiger partial charge < -0.3 is 9.05 Å². The highest BCUT2D eigenvalue weighted by Gasteiger charge is 2.54. The maximum Gasteiger partial charge on any atom is 0.386 e. The fourth-order valence-corrected chi connectivity index (χ4v) is 3.44. The molecule has 0 aliphatic heterocycles. The first-order valence-corrected chi connectivity index (χ1v) is 8.13. The lowest BCUT2D eigenvalue weighted by atomic mass is 10.1. The molecule has 0 radical (unpaired) electrons. The largest absolute Gasteiger partial charge is 0.386 e. The van der Waals surface area contributed by atoms with Crippen LogP contribution in [0.15, 0.2) is 30.3 Å². The van der Waals surface area contributed by atoms with Crippen molar-refractivity contribution >= 4 is 7.60 Å². The highest BCUT2D eigenvalue weighted by atomic mass is 31.2. The molecule has 4 nitrogen and oxygen atoms in total. The van der Waals surface area contributed by atoms with Crippen LogP contribution in [0.1, 0.15) is 32.3 Å². The van der Waals surface area contributed by atoms with E-state index in [1.165, 1.54) is 18.2 Å². The molecule has 0 saturated heterocycles. The van der Waals surface area contributed by atoms with Gasteiger partial charge in [0.2, 0.25) is 0 Å². The number of benzene rings is 1. The molecular weight excluding hydrogens is 280 g/mol. The Morgan fingerprint density at radius 1 is 1.20 bits per heavy atom. The molecule has 0 spiro atoms. The van der Waals surface area contributed by atoms with Crippen LogP contribution in [0.5, 0.6) is 0 Å². The smallest absolute Gasteiger partial charge is 0.305 e. The normalized spacial score (nSPS) is 14.5. The maximum absolute atomic E-state index is 15.1. The maximum atomic E-state index is 15.1. The second-order valence-corrected chi connectivity index (χ2v) is 6.39. The summed E-state index contributed by atoms with van der Waals surface area (Å²) in [5, 5.41) is 6.42. The fourth-order valence-electron chi connectivity index (χ4n) is 1.58. The Morgan fingerprint density at radius 3 is 2.10 bits per heavy atom. The van der Waals surface area contributed by atoms with E-state index in [1.807, 2.05) is 0 Å². The first kappa shape index (κ1) is 16.8. The van der Waals surface area contributed by atoms with Gasteiger partial charge in [-0.05, 0) is 12.8 Å². The highest BCUT2D eigenvalue weighted by Crippen LogP contribution is 2.65. The summed E-state index contributed by atoms with van der Waals surface area (Å²) < 4.78 is 38.1. The van der Waals surface area contributed by atoms with E-state index in [1.54, 1.807) is 32.0 Å². The quantitative estimate of drug-likeness (QED) is 0.668. The SMILES string of the molecule is CCCOP(=O)(OCCC)C(F)(C#N)c1ccccc1. The molecule has 0 aliphatic rings. The molecular formula is C14H19FNO3P. The van der Waals surface area contributed by atoms with Crippen molar-refractivity contribution in [3.63, 3.8) is 0 Å². The highest BCUT2D eigenvalue weighted by molar-refractivity contribution is 7.55. The zero-order valence-corrected chi connectivity index (χ0v) is 12.6. The van der Waals surface area contributed by atoms with Crippen LogP contribution in [-0.2, 0) is 19.0 Å². The van der Waals surface area contributed by atoms with Crippen LogP contribution in [0, 0.1) is 11.3 Å².